The van der Waals surface area contributed by atoms with Crippen molar-refractivity contribution in [2.24, 2.45) is 0 Å². The van der Waals surface area contributed by atoms with Crippen molar-refractivity contribution in [2.75, 3.05) is 11.9 Å². The number of thiophene rings is 1. The topological polar surface area (TPSA) is 52.7 Å². The molecule has 1 N–H and O–H groups in total. The zero-order chi connectivity index (χ0) is 24.2. The normalized spacial score (nSPS) is 12.9. The Morgan fingerprint density at radius 3 is 2.35 bits per heavy atom. The lowest BCUT2D eigenvalue weighted by atomic mass is 10.1. The number of carbonyl (C=O) groups is 2. The highest BCUT2D eigenvalue weighted by Crippen LogP contribution is 2.28. The largest absolute Gasteiger partial charge is 0.332 e. The first kappa shape index (κ1) is 24.0. The van der Waals surface area contributed by atoms with Crippen LogP contribution in [0.1, 0.15) is 40.0 Å². The molecule has 2 aromatic carbocycles. The van der Waals surface area contributed by atoms with Crippen molar-refractivity contribution in [1.82, 2.24) is 9.80 Å². The van der Waals surface area contributed by atoms with Crippen molar-refractivity contribution in [1.29, 1.82) is 0 Å². The average Bonchev–Trinajstić information content (AvgIpc) is 3.56. The van der Waals surface area contributed by atoms with E-state index in [2.05, 4.69) is 5.32 Å². The summed E-state index contributed by atoms with van der Waals surface area (Å²) in [6.45, 7) is 6.82. The zero-order valence-electron chi connectivity index (χ0n) is 19.8. The Morgan fingerprint density at radius 2 is 1.74 bits per heavy atom. The van der Waals surface area contributed by atoms with E-state index >= 15 is 0 Å². The molecule has 1 aliphatic rings. The molecule has 7 heteroatoms. The highest BCUT2D eigenvalue weighted by Gasteiger charge is 2.35. The van der Waals surface area contributed by atoms with Crippen LogP contribution in [0.15, 0.2) is 53.9 Å². The summed E-state index contributed by atoms with van der Waals surface area (Å²) in [4.78, 5) is 31.2. The van der Waals surface area contributed by atoms with Crippen molar-refractivity contribution in [3.8, 4) is 0 Å². The molecule has 3 amide bonds. The molecular weight excluding hydrogens is 449 g/mol. The number of benzene rings is 2. The lowest BCUT2D eigenvalue weighted by Gasteiger charge is -2.28. The number of nitrogens with zero attached hydrogens (tertiary/aromatic N) is 2. The molecule has 0 unspecified atom stereocenters. The van der Waals surface area contributed by atoms with Gasteiger partial charge >= 0.3 is 6.03 Å². The highest BCUT2D eigenvalue weighted by molar-refractivity contribution is 7.10. The standard InChI is InChI=1S/C27H30FN3O2S/c1-18-4-11-24(20(3)14-18)29-27(33)31(23-9-10-23)17-26(32)30(16-25-19(2)12-13-34-25)15-21-5-7-22(28)8-6-21/h4-8,11-14,23H,9-10,15-17H2,1-3H3,(H,29,33). The molecular formula is C27H30FN3O2S. The monoisotopic (exact) mass is 479 g/mol. The van der Waals surface area contributed by atoms with Crippen molar-refractivity contribution >= 4 is 29.0 Å². The number of rotatable bonds is 8. The van der Waals surface area contributed by atoms with Gasteiger partial charge in [-0.3, -0.25) is 4.79 Å². The smallest absolute Gasteiger partial charge is 0.322 e. The molecule has 0 spiro atoms. The summed E-state index contributed by atoms with van der Waals surface area (Å²) in [5.74, 6) is -0.432. The van der Waals surface area contributed by atoms with Crippen LogP contribution in [0.25, 0.3) is 0 Å². The Labute approximate surface area is 204 Å². The van der Waals surface area contributed by atoms with E-state index in [-0.39, 0.29) is 30.3 Å². The van der Waals surface area contributed by atoms with Crippen molar-refractivity contribution < 1.29 is 14.0 Å². The Hall–Kier alpha value is -3.19. The van der Waals surface area contributed by atoms with E-state index in [1.54, 1.807) is 33.3 Å². The summed E-state index contributed by atoms with van der Waals surface area (Å²) >= 11 is 1.61. The Morgan fingerprint density at radius 1 is 1.00 bits per heavy atom. The first-order valence-corrected chi connectivity index (χ1v) is 12.4. The molecule has 0 radical (unpaired) electrons. The van der Waals surface area contributed by atoms with Crippen LogP contribution in [0.5, 0.6) is 0 Å². The van der Waals surface area contributed by atoms with Gasteiger partial charge in [-0.05, 0) is 79.9 Å². The molecule has 1 aromatic heterocycles. The van der Waals surface area contributed by atoms with E-state index in [9.17, 15) is 14.0 Å². The molecule has 5 nitrogen and oxygen atoms in total. The van der Waals surface area contributed by atoms with E-state index in [0.29, 0.717) is 13.1 Å². The molecule has 0 atom stereocenters. The number of aryl methyl sites for hydroxylation is 3. The first-order valence-electron chi connectivity index (χ1n) is 11.5. The number of halogens is 1. The highest BCUT2D eigenvalue weighted by atomic mass is 32.1. The Balaban J connectivity index is 1.50. The third-order valence-corrected chi connectivity index (χ3v) is 7.13. The zero-order valence-corrected chi connectivity index (χ0v) is 20.6. The molecule has 1 heterocycles. The van der Waals surface area contributed by atoms with Gasteiger partial charge in [0.15, 0.2) is 0 Å². The van der Waals surface area contributed by atoms with Gasteiger partial charge in [-0.1, -0.05) is 29.8 Å². The summed E-state index contributed by atoms with van der Waals surface area (Å²) in [7, 11) is 0. The minimum Gasteiger partial charge on any atom is -0.332 e. The van der Waals surface area contributed by atoms with Gasteiger partial charge in [0.1, 0.15) is 12.4 Å². The summed E-state index contributed by atoms with van der Waals surface area (Å²) < 4.78 is 13.4. The van der Waals surface area contributed by atoms with Crippen LogP contribution in [0.4, 0.5) is 14.9 Å². The maximum absolute atomic E-state index is 13.5. The summed E-state index contributed by atoms with van der Waals surface area (Å²) in [6.07, 6.45) is 1.80. The maximum Gasteiger partial charge on any atom is 0.322 e. The van der Waals surface area contributed by atoms with Crippen molar-refractivity contribution in [3.63, 3.8) is 0 Å². The lowest BCUT2D eigenvalue weighted by molar-refractivity contribution is -0.133. The van der Waals surface area contributed by atoms with Crippen LogP contribution in [0, 0.1) is 26.6 Å². The first-order chi connectivity index (χ1) is 16.3. The fraction of sp³-hybridized carbons (Fsp3) is 0.333. The van der Waals surface area contributed by atoms with Gasteiger partial charge in [0.2, 0.25) is 5.91 Å². The molecule has 1 fully saturated rings. The Kier molecular flexibility index (Phi) is 7.32. The quantitative estimate of drug-likeness (QED) is 0.428. The van der Waals surface area contributed by atoms with E-state index in [1.165, 1.54) is 12.1 Å². The molecule has 0 saturated heterocycles. The van der Waals surface area contributed by atoms with Crippen molar-refractivity contribution in [2.45, 2.75) is 52.7 Å². The minimum absolute atomic E-state index is 0.00697. The van der Waals surface area contributed by atoms with E-state index in [4.69, 9.17) is 0 Å². The second-order valence-electron chi connectivity index (χ2n) is 9.01. The van der Waals surface area contributed by atoms with E-state index < -0.39 is 0 Å². The number of amides is 3. The average molecular weight is 480 g/mol. The molecule has 1 saturated carbocycles. The number of anilines is 1. The van der Waals surface area contributed by atoms with Gasteiger partial charge in [0.25, 0.3) is 0 Å². The maximum atomic E-state index is 13.5. The van der Waals surface area contributed by atoms with Gasteiger partial charge < -0.3 is 15.1 Å². The van der Waals surface area contributed by atoms with Crippen LogP contribution < -0.4 is 5.32 Å². The van der Waals surface area contributed by atoms with Crippen LogP contribution in [-0.4, -0.2) is 34.3 Å². The molecule has 3 aromatic rings. The van der Waals surface area contributed by atoms with Gasteiger partial charge in [-0.25, -0.2) is 9.18 Å². The fourth-order valence-electron chi connectivity index (χ4n) is 3.92. The molecule has 1 aliphatic carbocycles. The SMILES string of the molecule is Cc1ccc(NC(=O)N(CC(=O)N(Cc2ccc(F)cc2)Cc2sccc2C)C2CC2)c(C)c1. The van der Waals surface area contributed by atoms with Crippen LogP contribution in [0.2, 0.25) is 0 Å². The number of hydrogen-bond acceptors (Lipinski definition) is 3. The summed E-state index contributed by atoms with van der Waals surface area (Å²) in [6, 6.07) is 13.9. The molecule has 0 bridgehead atoms. The third kappa shape index (κ3) is 6.03. The number of carbonyl (C=O) groups excluding carboxylic acids is 2. The molecule has 4 rings (SSSR count). The summed E-state index contributed by atoms with van der Waals surface area (Å²) in [5, 5.41) is 5.00. The number of hydrogen-bond donors (Lipinski definition) is 1. The molecule has 178 valence electrons. The van der Waals surface area contributed by atoms with Gasteiger partial charge in [0, 0.05) is 23.2 Å². The number of nitrogens with one attached hydrogen (secondary N) is 1. The summed E-state index contributed by atoms with van der Waals surface area (Å²) in [5.41, 5.74) is 4.85. The van der Waals surface area contributed by atoms with Crippen LogP contribution in [-0.2, 0) is 17.9 Å². The lowest BCUT2D eigenvalue weighted by Crippen LogP contribution is -2.45. The van der Waals surface area contributed by atoms with Gasteiger partial charge in [-0.2, -0.15) is 0 Å². The van der Waals surface area contributed by atoms with E-state index in [0.717, 1.165) is 45.7 Å². The fourth-order valence-corrected chi connectivity index (χ4v) is 4.84. The molecule has 0 aliphatic heterocycles. The van der Waals surface area contributed by atoms with Gasteiger partial charge in [0.05, 0.1) is 6.54 Å². The van der Waals surface area contributed by atoms with Crippen LogP contribution in [0.3, 0.4) is 0 Å². The third-order valence-electron chi connectivity index (χ3n) is 6.12. The predicted molar refractivity (Wildman–Crippen MR) is 134 cm³/mol. The van der Waals surface area contributed by atoms with Crippen molar-refractivity contribution in [3.05, 3.63) is 86.9 Å². The van der Waals surface area contributed by atoms with Gasteiger partial charge in [-0.15, -0.1) is 11.3 Å². The molecule has 34 heavy (non-hydrogen) atoms. The predicted octanol–water partition coefficient (Wildman–Crippen LogP) is 6.04. The number of urea groups is 1. The second kappa shape index (κ2) is 10.4. The Bertz CT molecular complexity index is 1170. The minimum atomic E-state index is -0.307. The second-order valence-corrected chi connectivity index (χ2v) is 10.0. The van der Waals surface area contributed by atoms with E-state index in [1.807, 2.05) is 50.4 Å². The van der Waals surface area contributed by atoms with Crippen LogP contribution >= 0.6 is 11.3 Å².